The fraction of sp³-hybridized carbons (Fsp3) is 0.576. The topological polar surface area (TPSA) is 12.5 Å². The van der Waals surface area contributed by atoms with Crippen molar-refractivity contribution in [1.29, 1.82) is 0 Å². The summed E-state index contributed by atoms with van der Waals surface area (Å²) in [5.74, 6) is 1.26. The van der Waals surface area contributed by atoms with Crippen LogP contribution < -0.4 is 0 Å². The van der Waals surface area contributed by atoms with E-state index in [1.807, 2.05) is 0 Å². The number of likely N-dealkylation sites (tertiary alicyclic amines) is 1. The molecule has 182 valence electrons. The van der Waals surface area contributed by atoms with Gasteiger partial charge in [-0.05, 0) is 122 Å². The van der Waals surface area contributed by atoms with Crippen LogP contribution in [-0.4, -0.2) is 35.2 Å². The maximum Gasteiger partial charge on any atom is 0.0974 e. The molecule has 2 spiro atoms. The zero-order valence-electron chi connectivity index (χ0n) is 21.3. The minimum atomic E-state index is -0.0327. The number of allylic oxidation sites excluding steroid dienone is 1. The highest BCUT2D eigenvalue weighted by Crippen LogP contribution is 2.69. The van der Waals surface area contributed by atoms with Gasteiger partial charge in [0.2, 0.25) is 0 Å². The summed E-state index contributed by atoms with van der Waals surface area (Å²) >= 11 is 0. The first-order valence-electron chi connectivity index (χ1n) is 14.4. The highest BCUT2D eigenvalue weighted by Gasteiger charge is 2.66. The molecule has 0 amide bonds. The van der Waals surface area contributed by atoms with Gasteiger partial charge in [-0.25, -0.2) is 0 Å². The van der Waals surface area contributed by atoms with E-state index in [4.69, 9.17) is 4.74 Å². The summed E-state index contributed by atoms with van der Waals surface area (Å²) in [4.78, 5) is 2.79. The molecule has 2 nitrogen and oxygen atoms in total. The average molecular weight is 466 g/mol. The number of fused-ring (bicyclic) bond motifs is 2. The van der Waals surface area contributed by atoms with Crippen molar-refractivity contribution in [2.75, 3.05) is 13.1 Å². The van der Waals surface area contributed by atoms with E-state index < -0.39 is 0 Å². The molecule has 0 aromatic heterocycles. The van der Waals surface area contributed by atoms with Crippen LogP contribution in [0.2, 0.25) is 0 Å². The Hall–Kier alpha value is -1.90. The minimum Gasteiger partial charge on any atom is -0.359 e. The molecule has 8 rings (SSSR count). The van der Waals surface area contributed by atoms with Crippen molar-refractivity contribution in [3.05, 3.63) is 71.3 Å². The Morgan fingerprint density at radius 3 is 2.69 bits per heavy atom. The van der Waals surface area contributed by atoms with Crippen molar-refractivity contribution >= 4 is 10.8 Å². The standard InChI is InChI=1S/C33H39NO/c1-31-15-14-27-21-26-10-11-28(34-18-4-5-19-34)22-32(26)16-17-33(27,35-32)30(31)13-12-29(31)25-9-8-23-6-2-3-7-24(23)20-25/h2-3,6-9,14,20-21,28-30H,4-5,10-13,15-19,22H2,1H3/t28-,29?,30-,31-,32-,33?/m1/s1. The van der Waals surface area contributed by atoms with Crippen LogP contribution in [0.25, 0.3) is 10.8 Å². The Labute approximate surface area is 210 Å². The average Bonchev–Trinajstić information content (AvgIpc) is 3.60. The molecule has 6 atom stereocenters. The summed E-state index contributed by atoms with van der Waals surface area (Å²) in [6, 6.07) is 16.8. The Morgan fingerprint density at radius 2 is 1.80 bits per heavy atom. The number of ether oxygens (including phenoxy) is 1. The summed E-state index contributed by atoms with van der Waals surface area (Å²) < 4.78 is 7.54. The third-order valence-electron chi connectivity index (χ3n) is 11.5. The van der Waals surface area contributed by atoms with E-state index in [0.29, 0.717) is 11.8 Å². The van der Waals surface area contributed by atoms with Crippen LogP contribution in [0, 0.1) is 11.3 Å². The molecule has 3 aliphatic carbocycles. The Kier molecular flexibility index (Phi) is 4.44. The molecule has 2 saturated heterocycles. The second-order valence-corrected chi connectivity index (χ2v) is 13.0. The second kappa shape index (κ2) is 7.33. The normalized spacial score (nSPS) is 42.4. The lowest BCUT2D eigenvalue weighted by atomic mass is 9.58. The summed E-state index contributed by atoms with van der Waals surface area (Å²) in [7, 11) is 0. The predicted octanol–water partition coefficient (Wildman–Crippen LogP) is 7.55. The molecule has 6 aliphatic rings. The van der Waals surface area contributed by atoms with Gasteiger partial charge in [0.25, 0.3) is 0 Å². The van der Waals surface area contributed by atoms with Gasteiger partial charge in [0.05, 0.1) is 11.2 Å². The first-order valence-corrected chi connectivity index (χ1v) is 14.4. The van der Waals surface area contributed by atoms with Gasteiger partial charge in [0.1, 0.15) is 0 Å². The van der Waals surface area contributed by atoms with Gasteiger partial charge >= 0.3 is 0 Å². The molecule has 2 aromatic carbocycles. The number of rotatable bonds is 2. The van der Waals surface area contributed by atoms with Gasteiger partial charge in [-0.1, -0.05) is 61.5 Å². The highest BCUT2D eigenvalue weighted by atomic mass is 16.5. The second-order valence-electron chi connectivity index (χ2n) is 13.0. The van der Waals surface area contributed by atoms with Crippen molar-refractivity contribution in [2.45, 2.75) is 94.3 Å². The molecule has 2 aromatic rings. The van der Waals surface area contributed by atoms with Crippen LogP contribution in [-0.2, 0) is 4.74 Å². The smallest absolute Gasteiger partial charge is 0.0974 e. The summed E-state index contributed by atoms with van der Waals surface area (Å²) in [6.07, 6.45) is 18.1. The largest absolute Gasteiger partial charge is 0.359 e. The highest BCUT2D eigenvalue weighted by molar-refractivity contribution is 5.83. The third kappa shape index (κ3) is 2.85. The van der Waals surface area contributed by atoms with Crippen molar-refractivity contribution in [1.82, 2.24) is 4.90 Å². The molecule has 3 aliphatic heterocycles. The van der Waals surface area contributed by atoms with Gasteiger partial charge in [0.15, 0.2) is 0 Å². The molecule has 35 heavy (non-hydrogen) atoms. The lowest BCUT2D eigenvalue weighted by Crippen LogP contribution is -2.55. The molecule has 0 N–H and O–H groups in total. The summed E-state index contributed by atoms with van der Waals surface area (Å²) in [5.41, 5.74) is 5.03. The molecule has 2 bridgehead atoms. The van der Waals surface area contributed by atoms with E-state index >= 15 is 0 Å². The van der Waals surface area contributed by atoms with Gasteiger partial charge in [-0.3, -0.25) is 0 Å². The zero-order valence-corrected chi connectivity index (χ0v) is 21.3. The molecular formula is C33H39NO. The fourth-order valence-corrected chi connectivity index (χ4v) is 9.77. The third-order valence-corrected chi connectivity index (χ3v) is 11.5. The number of hydrogen-bond acceptors (Lipinski definition) is 2. The van der Waals surface area contributed by atoms with E-state index in [-0.39, 0.29) is 16.6 Å². The van der Waals surface area contributed by atoms with Crippen LogP contribution in [0.15, 0.2) is 65.8 Å². The van der Waals surface area contributed by atoms with Gasteiger partial charge in [-0.15, -0.1) is 0 Å². The number of benzene rings is 2. The lowest BCUT2D eigenvalue weighted by Gasteiger charge is -2.55. The summed E-state index contributed by atoms with van der Waals surface area (Å²) in [5, 5.41) is 2.75. The van der Waals surface area contributed by atoms with Gasteiger partial charge < -0.3 is 9.64 Å². The fourth-order valence-electron chi connectivity index (χ4n) is 9.77. The monoisotopic (exact) mass is 465 g/mol. The molecule has 2 heteroatoms. The summed E-state index contributed by atoms with van der Waals surface area (Å²) in [6.45, 7) is 5.22. The van der Waals surface area contributed by atoms with Crippen molar-refractivity contribution in [3.8, 4) is 0 Å². The Bertz CT molecular complexity index is 1250. The maximum absolute atomic E-state index is 7.54. The van der Waals surface area contributed by atoms with Crippen molar-refractivity contribution in [3.63, 3.8) is 0 Å². The van der Waals surface area contributed by atoms with E-state index in [2.05, 4.69) is 66.4 Å². The maximum atomic E-state index is 7.54. The first kappa shape index (κ1) is 21.2. The predicted molar refractivity (Wildman–Crippen MR) is 143 cm³/mol. The molecular weight excluding hydrogens is 426 g/mol. The van der Waals surface area contributed by atoms with E-state index in [1.54, 1.807) is 16.7 Å². The quantitative estimate of drug-likeness (QED) is 0.454. The van der Waals surface area contributed by atoms with E-state index in [0.717, 1.165) is 6.04 Å². The Balaban J connectivity index is 1.15. The molecule has 2 saturated carbocycles. The Morgan fingerprint density at radius 1 is 0.943 bits per heavy atom. The molecule has 4 fully saturated rings. The van der Waals surface area contributed by atoms with Crippen LogP contribution in [0.4, 0.5) is 0 Å². The van der Waals surface area contributed by atoms with Crippen LogP contribution in [0.3, 0.4) is 0 Å². The zero-order chi connectivity index (χ0) is 23.3. The molecule has 0 radical (unpaired) electrons. The number of nitrogens with zero attached hydrogens (tertiary/aromatic N) is 1. The lowest BCUT2D eigenvalue weighted by molar-refractivity contribution is -0.140. The van der Waals surface area contributed by atoms with Crippen molar-refractivity contribution in [2.24, 2.45) is 11.3 Å². The van der Waals surface area contributed by atoms with Crippen LogP contribution in [0.5, 0.6) is 0 Å². The first-order chi connectivity index (χ1) is 17.1. The van der Waals surface area contributed by atoms with Gasteiger partial charge in [0, 0.05) is 6.04 Å². The molecule has 3 heterocycles. The molecule has 2 unspecified atom stereocenters. The van der Waals surface area contributed by atoms with Crippen molar-refractivity contribution < 1.29 is 4.74 Å². The number of hydrogen-bond donors (Lipinski definition) is 0. The SMILES string of the molecule is C[C@]12CC=C3C=C4CC[C@@H](N5CCCC5)C[C@]45CCC3(O5)[C@@H]1CCC2c1ccc2ccccc2c1. The van der Waals surface area contributed by atoms with Crippen LogP contribution >= 0.6 is 0 Å². The van der Waals surface area contributed by atoms with E-state index in [1.165, 1.54) is 88.1 Å². The van der Waals surface area contributed by atoms with Crippen LogP contribution in [0.1, 0.15) is 82.6 Å². The van der Waals surface area contributed by atoms with Gasteiger partial charge in [-0.2, -0.15) is 0 Å². The minimum absolute atomic E-state index is 0.0299. The van der Waals surface area contributed by atoms with E-state index in [9.17, 15) is 0 Å².